The van der Waals surface area contributed by atoms with Crippen LogP contribution in [0.2, 0.25) is 0 Å². The molecule has 0 aromatic heterocycles. The Morgan fingerprint density at radius 1 is 0.438 bits per heavy atom. The Kier molecular flexibility index (Phi) is 4.44. The molecule has 7 aromatic rings. The molecule has 0 saturated heterocycles. The molecule has 0 N–H and O–H groups in total. The van der Waals surface area contributed by atoms with E-state index < -0.39 is 0 Å². The van der Waals surface area contributed by atoms with Crippen LogP contribution in [-0.2, 0) is 0 Å². The first-order valence-corrected chi connectivity index (χ1v) is 14.0. The van der Waals surface area contributed by atoms with Crippen LogP contribution in [0.15, 0.2) is 54.3 Å². The maximum absolute atomic E-state index is 4.64. The average Bonchev–Trinajstić information content (AvgIpc) is 2.82. The minimum Gasteiger partial charge on any atom is -0.151 e. The van der Waals surface area contributed by atoms with Crippen LogP contribution in [0.4, 0.5) is 0 Å². The first-order valence-electron chi connectivity index (χ1n) is 9.83. The van der Waals surface area contributed by atoms with E-state index in [2.05, 4.69) is 125 Å². The fourth-order valence-corrected chi connectivity index (χ4v) is 8.75. The summed E-state index contributed by atoms with van der Waals surface area (Å²) in [6.07, 6.45) is 0. The van der Waals surface area contributed by atoms with E-state index in [9.17, 15) is 0 Å². The molecule has 0 radical (unpaired) electrons. The number of halogens is 4. The minimum absolute atomic E-state index is 1.02. The first-order chi connectivity index (χ1) is 15.5. The Balaban J connectivity index is 2.12. The Morgan fingerprint density at radius 2 is 0.906 bits per heavy atom. The smallest absolute Gasteiger partial charge is 0.0414 e. The lowest BCUT2D eigenvalue weighted by Crippen LogP contribution is -2.26. The molecule has 154 valence electrons. The van der Waals surface area contributed by atoms with Gasteiger partial charge in [-0.05, 0) is 128 Å². The average molecular weight is 706 g/mol. The maximum atomic E-state index is 4.64. The summed E-state index contributed by atoms with van der Waals surface area (Å²) >= 11 is 24.9. The van der Waals surface area contributed by atoms with Crippen molar-refractivity contribution in [1.29, 1.82) is 0 Å². The molecular weight excluding hydrogens is 696 g/mol. The van der Waals surface area contributed by atoms with Crippen molar-refractivity contribution in [3.63, 3.8) is 0 Å². The quantitative estimate of drug-likeness (QED) is 0.0878. The van der Waals surface area contributed by atoms with Crippen LogP contribution < -0.4 is 10.4 Å². The molecule has 0 atom stereocenters. The number of thiol groups is 2. The highest BCUT2D eigenvalue weighted by Crippen LogP contribution is 2.54. The third-order valence-corrected chi connectivity index (χ3v) is 11.6. The van der Waals surface area contributed by atoms with Crippen molar-refractivity contribution in [2.75, 3.05) is 0 Å². The zero-order valence-corrected chi connectivity index (χ0v) is 24.2. The van der Waals surface area contributed by atoms with E-state index in [4.69, 9.17) is 0 Å². The largest absolute Gasteiger partial charge is 0.151 e. The summed E-state index contributed by atoms with van der Waals surface area (Å²) in [6, 6.07) is 13.4. The summed E-state index contributed by atoms with van der Waals surface area (Å²) < 4.78 is 4.17. The van der Waals surface area contributed by atoms with Gasteiger partial charge in [0.2, 0.25) is 0 Å². The van der Waals surface area contributed by atoms with Crippen molar-refractivity contribution < 1.29 is 0 Å². The molecule has 7 aromatic carbocycles. The minimum atomic E-state index is 1.02. The summed E-state index contributed by atoms with van der Waals surface area (Å²) in [5.74, 6) is 0. The van der Waals surface area contributed by atoms with E-state index in [1.54, 1.807) is 0 Å². The van der Waals surface area contributed by atoms with Crippen LogP contribution in [-0.4, -0.2) is 0 Å². The van der Waals surface area contributed by atoms with E-state index in [0.29, 0.717) is 0 Å². The monoisotopic (exact) mass is 702 g/mol. The number of hydrogen-bond acceptors (Lipinski definition) is 2. The van der Waals surface area contributed by atoms with Gasteiger partial charge in [-0.2, -0.15) is 25.3 Å². The Hall–Kier alpha value is -0.760. The normalized spacial score (nSPS) is 14.3. The molecule has 0 unspecified atom stereocenters. The zero-order chi connectivity index (χ0) is 22.0. The summed E-state index contributed by atoms with van der Waals surface area (Å²) in [4.78, 5) is 0. The molecule has 0 nitrogen and oxygen atoms in total. The van der Waals surface area contributed by atoms with Gasteiger partial charge in [0, 0.05) is 39.4 Å². The second-order valence-corrected chi connectivity index (χ2v) is 11.8. The van der Waals surface area contributed by atoms with Crippen molar-refractivity contribution in [1.82, 2.24) is 0 Å². The van der Waals surface area contributed by atoms with Crippen LogP contribution in [0.25, 0.3) is 75.5 Å². The van der Waals surface area contributed by atoms with E-state index in [0.717, 1.165) is 39.1 Å². The van der Waals surface area contributed by atoms with E-state index in [1.807, 2.05) is 10.8 Å². The summed E-state index contributed by atoms with van der Waals surface area (Å²) in [5.41, 5.74) is 0. The predicted octanol–water partition coefficient (Wildman–Crippen LogP) is 9.30. The van der Waals surface area contributed by atoms with Crippen molar-refractivity contribution in [2.24, 2.45) is 0 Å². The van der Waals surface area contributed by atoms with Gasteiger partial charge in [-0.3, -0.25) is 0 Å². The predicted molar refractivity (Wildman–Crippen MR) is 162 cm³/mol. The molecule has 0 heterocycles. The van der Waals surface area contributed by atoms with Gasteiger partial charge in [-0.1, -0.05) is 36.4 Å². The van der Waals surface area contributed by atoms with Gasteiger partial charge in [0.15, 0.2) is 0 Å². The third kappa shape index (κ3) is 2.23. The van der Waals surface area contributed by atoms with Crippen molar-refractivity contribution >= 4 is 164 Å². The fourth-order valence-electron chi connectivity index (χ4n) is 5.59. The van der Waals surface area contributed by atoms with Gasteiger partial charge in [0.05, 0.1) is 0 Å². The lowest BCUT2D eigenvalue weighted by atomic mass is 9.82. The SMILES string of the molecule is SC=c1c(=CS)c2c(Br)c(Br)c3c(Br)c(Br)c4ccc5ccc6ccc1c1c6c5c4c3c21. The van der Waals surface area contributed by atoms with Gasteiger partial charge in [-0.15, -0.1) is 0 Å². The molecule has 0 aliphatic rings. The molecule has 32 heavy (non-hydrogen) atoms. The number of hydrogen-bond donors (Lipinski definition) is 2. The summed E-state index contributed by atoms with van der Waals surface area (Å²) in [5, 5.41) is 20.9. The highest BCUT2D eigenvalue weighted by atomic mass is 79.9. The van der Waals surface area contributed by atoms with E-state index >= 15 is 0 Å². The van der Waals surface area contributed by atoms with Crippen molar-refractivity contribution in [3.8, 4) is 0 Å². The Morgan fingerprint density at radius 3 is 1.53 bits per heavy atom. The van der Waals surface area contributed by atoms with Crippen molar-refractivity contribution in [2.45, 2.75) is 0 Å². The highest BCUT2D eigenvalue weighted by Gasteiger charge is 2.27. The van der Waals surface area contributed by atoms with Crippen LogP contribution in [0.5, 0.6) is 0 Å². The molecule has 0 bridgehead atoms. The van der Waals surface area contributed by atoms with Gasteiger partial charge in [0.25, 0.3) is 0 Å². The molecule has 0 aliphatic carbocycles. The van der Waals surface area contributed by atoms with Crippen molar-refractivity contribution in [3.05, 3.63) is 64.7 Å². The lowest BCUT2D eigenvalue weighted by Gasteiger charge is -2.24. The standard InChI is InChI=1S/C26H10Br4S2/c27-23-12-6-4-10-2-1-9-3-5-11-13(7-31)14(8-32)19-20-17(11)15(9)16(10)18(12)21(20)22(25(23)29)26(30)24(19)28/h1-8,31-32H. The van der Waals surface area contributed by atoms with E-state index in [1.165, 1.54) is 53.9 Å². The molecular formula is C26H10Br4S2. The molecule has 0 spiro atoms. The van der Waals surface area contributed by atoms with Gasteiger partial charge < -0.3 is 0 Å². The number of rotatable bonds is 0. The molecule has 6 heteroatoms. The van der Waals surface area contributed by atoms with Gasteiger partial charge in [0.1, 0.15) is 0 Å². The number of benzene rings is 7. The second-order valence-electron chi connectivity index (χ2n) is 8.08. The molecule has 0 amide bonds. The van der Waals surface area contributed by atoms with Crippen LogP contribution in [0.3, 0.4) is 0 Å². The molecule has 0 aliphatic heterocycles. The van der Waals surface area contributed by atoms with Crippen LogP contribution >= 0.6 is 89.0 Å². The third-order valence-electron chi connectivity index (χ3n) is 6.81. The summed E-state index contributed by atoms with van der Waals surface area (Å²) in [6.45, 7) is 0. The van der Waals surface area contributed by atoms with Crippen LogP contribution in [0, 0.1) is 0 Å². The first kappa shape index (κ1) is 20.6. The fraction of sp³-hybridized carbons (Fsp3) is 0. The second kappa shape index (κ2) is 6.89. The maximum Gasteiger partial charge on any atom is 0.0414 e. The molecule has 0 saturated carbocycles. The molecule has 0 fully saturated rings. The Bertz CT molecular complexity index is 2040. The Labute approximate surface area is 227 Å². The highest BCUT2D eigenvalue weighted by molar-refractivity contribution is 9.14. The van der Waals surface area contributed by atoms with Gasteiger partial charge in [-0.25, -0.2) is 0 Å². The lowest BCUT2D eigenvalue weighted by molar-refractivity contribution is 1.63. The zero-order valence-electron chi connectivity index (χ0n) is 16.0. The van der Waals surface area contributed by atoms with E-state index in [-0.39, 0.29) is 0 Å². The molecule has 7 rings (SSSR count). The van der Waals surface area contributed by atoms with Crippen LogP contribution in [0.1, 0.15) is 0 Å². The summed E-state index contributed by atoms with van der Waals surface area (Å²) in [7, 11) is 0. The van der Waals surface area contributed by atoms with Gasteiger partial charge >= 0.3 is 0 Å². The topological polar surface area (TPSA) is 0 Å².